The van der Waals surface area contributed by atoms with E-state index in [1.807, 2.05) is 26.8 Å². The number of hydrogen-bond donors (Lipinski definition) is 0. The zero-order valence-electron chi connectivity index (χ0n) is 11.7. The van der Waals surface area contributed by atoms with Gasteiger partial charge in [-0.2, -0.15) is 4.31 Å². The van der Waals surface area contributed by atoms with Crippen LogP contribution in [0.5, 0.6) is 0 Å². The number of aryl methyl sites for hydroxylation is 1. The molecule has 0 aromatic heterocycles. The topological polar surface area (TPSA) is 37.4 Å². The fourth-order valence-electron chi connectivity index (χ4n) is 1.82. The van der Waals surface area contributed by atoms with E-state index in [2.05, 4.69) is 47.8 Å². The molecule has 7 heteroatoms. The van der Waals surface area contributed by atoms with E-state index in [1.165, 1.54) is 4.31 Å². The quantitative estimate of drug-likeness (QED) is 0.541. The van der Waals surface area contributed by atoms with Gasteiger partial charge in [-0.1, -0.05) is 31.9 Å². The minimum atomic E-state index is -3.51. The second-order valence-corrected chi connectivity index (χ2v) is 9.14. The van der Waals surface area contributed by atoms with Crippen LogP contribution in [-0.2, 0) is 10.0 Å². The number of benzene rings is 1. The number of alkyl halides is 1. The lowest BCUT2D eigenvalue weighted by atomic mass is 10.2. The zero-order chi connectivity index (χ0) is 15.5. The molecule has 0 saturated carbocycles. The van der Waals surface area contributed by atoms with E-state index in [0.29, 0.717) is 15.9 Å². The van der Waals surface area contributed by atoms with E-state index in [-0.39, 0.29) is 6.04 Å². The maximum absolute atomic E-state index is 12.8. The highest BCUT2D eigenvalue weighted by Crippen LogP contribution is 2.31. The molecule has 3 nitrogen and oxygen atoms in total. The van der Waals surface area contributed by atoms with Gasteiger partial charge < -0.3 is 0 Å². The molecule has 0 bridgehead atoms. The Morgan fingerprint density at radius 1 is 1.20 bits per heavy atom. The van der Waals surface area contributed by atoms with Crippen molar-refractivity contribution in [2.75, 3.05) is 11.9 Å². The summed E-state index contributed by atoms with van der Waals surface area (Å²) in [7, 11) is -3.51. The van der Waals surface area contributed by atoms with Gasteiger partial charge in [0.25, 0.3) is 0 Å². The van der Waals surface area contributed by atoms with Crippen molar-refractivity contribution in [1.29, 1.82) is 0 Å². The van der Waals surface area contributed by atoms with Crippen LogP contribution in [0.2, 0.25) is 0 Å². The molecular formula is C13H18Br3NO2S. The van der Waals surface area contributed by atoms with Crippen LogP contribution in [0, 0.1) is 6.92 Å². The highest BCUT2D eigenvalue weighted by atomic mass is 79.9. The van der Waals surface area contributed by atoms with Crippen LogP contribution in [0.3, 0.4) is 0 Å². The molecule has 0 fully saturated rings. The Kier molecular flexibility index (Phi) is 7.19. The summed E-state index contributed by atoms with van der Waals surface area (Å²) in [4.78, 5) is 0.304. The predicted molar refractivity (Wildman–Crippen MR) is 94.0 cm³/mol. The van der Waals surface area contributed by atoms with E-state index >= 15 is 0 Å². The lowest BCUT2D eigenvalue weighted by molar-refractivity contribution is 0.355. The van der Waals surface area contributed by atoms with Crippen LogP contribution >= 0.6 is 47.8 Å². The summed E-state index contributed by atoms with van der Waals surface area (Å²) in [6.45, 7) is 6.21. The zero-order valence-corrected chi connectivity index (χ0v) is 17.2. The van der Waals surface area contributed by atoms with Gasteiger partial charge in [0, 0.05) is 26.9 Å². The van der Waals surface area contributed by atoms with Crippen LogP contribution in [0.25, 0.3) is 0 Å². The Morgan fingerprint density at radius 2 is 1.80 bits per heavy atom. The average molecular weight is 492 g/mol. The maximum Gasteiger partial charge on any atom is 0.244 e. The molecule has 1 aromatic carbocycles. The van der Waals surface area contributed by atoms with Gasteiger partial charge in [0.05, 0.1) is 4.90 Å². The molecule has 1 rings (SSSR count). The van der Waals surface area contributed by atoms with Crippen molar-refractivity contribution >= 4 is 57.8 Å². The minimum Gasteiger partial charge on any atom is -0.207 e. The van der Waals surface area contributed by atoms with E-state index in [9.17, 15) is 8.42 Å². The molecule has 0 atom stereocenters. The number of nitrogens with zero attached hydrogens (tertiary/aromatic N) is 1. The first-order chi connectivity index (χ1) is 9.21. The lowest BCUT2D eigenvalue weighted by Gasteiger charge is -2.26. The first kappa shape index (κ1) is 18.6. The molecular weight excluding hydrogens is 474 g/mol. The summed E-state index contributed by atoms with van der Waals surface area (Å²) in [5.41, 5.74) is 0.993. The van der Waals surface area contributed by atoms with Crippen molar-refractivity contribution in [1.82, 2.24) is 4.31 Å². The van der Waals surface area contributed by atoms with Gasteiger partial charge in [-0.05, 0) is 60.8 Å². The van der Waals surface area contributed by atoms with Gasteiger partial charge in [-0.25, -0.2) is 8.42 Å². The van der Waals surface area contributed by atoms with Crippen molar-refractivity contribution in [2.45, 2.75) is 38.1 Å². The van der Waals surface area contributed by atoms with Gasteiger partial charge in [0.2, 0.25) is 10.0 Å². The van der Waals surface area contributed by atoms with Gasteiger partial charge in [-0.15, -0.1) is 0 Å². The number of halogens is 3. The second-order valence-electron chi connectivity index (χ2n) is 4.78. The molecule has 0 heterocycles. The molecule has 0 aliphatic carbocycles. The van der Waals surface area contributed by atoms with Crippen LogP contribution in [0.1, 0.15) is 25.8 Å². The van der Waals surface area contributed by atoms with Crippen molar-refractivity contribution in [2.24, 2.45) is 0 Å². The first-order valence-electron chi connectivity index (χ1n) is 6.25. The van der Waals surface area contributed by atoms with E-state index in [4.69, 9.17) is 0 Å². The molecule has 0 radical (unpaired) electrons. The monoisotopic (exact) mass is 489 g/mol. The Hall–Kier alpha value is 0.570. The van der Waals surface area contributed by atoms with Crippen LogP contribution in [0.15, 0.2) is 26.0 Å². The molecule has 0 aliphatic rings. The van der Waals surface area contributed by atoms with Gasteiger partial charge in [0.1, 0.15) is 0 Å². The van der Waals surface area contributed by atoms with Gasteiger partial charge >= 0.3 is 0 Å². The number of rotatable bonds is 6. The van der Waals surface area contributed by atoms with Crippen LogP contribution in [-0.4, -0.2) is 30.6 Å². The Morgan fingerprint density at radius 3 is 2.30 bits per heavy atom. The summed E-state index contributed by atoms with van der Waals surface area (Å²) in [5.74, 6) is 0. The highest BCUT2D eigenvalue weighted by Gasteiger charge is 2.28. The number of sulfonamides is 1. The van der Waals surface area contributed by atoms with Crippen molar-refractivity contribution in [3.63, 3.8) is 0 Å². The van der Waals surface area contributed by atoms with E-state index in [0.717, 1.165) is 21.8 Å². The molecule has 1 aromatic rings. The largest absolute Gasteiger partial charge is 0.244 e. The summed E-state index contributed by atoms with van der Waals surface area (Å²) in [6, 6.07) is 3.41. The first-order valence-corrected chi connectivity index (χ1v) is 10.4. The predicted octanol–water partition coefficient (Wildman–Crippen LogP) is 4.70. The average Bonchev–Trinajstić information content (AvgIpc) is 2.33. The summed E-state index contributed by atoms with van der Waals surface area (Å²) < 4.78 is 28.6. The SMILES string of the molecule is Cc1cc(Br)c(S(=O)(=O)N(CCCBr)C(C)C)cc1Br. The summed E-state index contributed by atoms with van der Waals surface area (Å²) in [5, 5.41) is 0.782. The van der Waals surface area contributed by atoms with Crippen LogP contribution in [0.4, 0.5) is 0 Å². The molecule has 0 amide bonds. The lowest BCUT2D eigenvalue weighted by Crippen LogP contribution is -2.38. The summed E-state index contributed by atoms with van der Waals surface area (Å²) in [6.07, 6.45) is 0.780. The van der Waals surface area contributed by atoms with Crippen molar-refractivity contribution < 1.29 is 8.42 Å². The molecule has 0 N–H and O–H groups in total. The fraction of sp³-hybridized carbons (Fsp3) is 0.538. The van der Waals surface area contributed by atoms with E-state index < -0.39 is 10.0 Å². The molecule has 114 valence electrons. The second kappa shape index (κ2) is 7.72. The standard InChI is InChI=1S/C13H18Br3NO2S/c1-9(2)17(6-4-5-14)20(18,19)13-8-11(15)10(3)7-12(13)16/h7-9H,4-6H2,1-3H3. The highest BCUT2D eigenvalue weighted by molar-refractivity contribution is 9.11. The third kappa shape index (κ3) is 4.29. The molecule has 0 spiro atoms. The summed E-state index contributed by atoms with van der Waals surface area (Å²) >= 11 is 10.1. The number of hydrogen-bond acceptors (Lipinski definition) is 2. The molecule has 0 saturated heterocycles. The molecule has 0 unspecified atom stereocenters. The molecule has 20 heavy (non-hydrogen) atoms. The third-order valence-corrected chi connectivity index (χ3v) is 7.34. The van der Waals surface area contributed by atoms with Crippen LogP contribution < -0.4 is 0 Å². The molecule has 0 aliphatic heterocycles. The Labute approximate surface area is 146 Å². The van der Waals surface area contributed by atoms with Gasteiger partial charge in [0.15, 0.2) is 0 Å². The van der Waals surface area contributed by atoms with E-state index in [1.54, 1.807) is 6.07 Å². The minimum absolute atomic E-state index is 0.0778. The maximum atomic E-state index is 12.8. The van der Waals surface area contributed by atoms with Crippen molar-refractivity contribution in [3.05, 3.63) is 26.6 Å². The van der Waals surface area contributed by atoms with Gasteiger partial charge in [-0.3, -0.25) is 0 Å². The normalized spacial score (nSPS) is 12.4. The Balaban J connectivity index is 3.29. The fourth-order valence-corrected chi connectivity index (χ4v) is 5.39. The third-order valence-electron chi connectivity index (χ3n) is 2.89. The Bertz CT molecular complexity index is 573. The van der Waals surface area contributed by atoms with Crippen molar-refractivity contribution in [3.8, 4) is 0 Å². The smallest absolute Gasteiger partial charge is 0.207 e.